The lowest BCUT2D eigenvalue weighted by Crippen LogP contribution is -2.36. The topological polar surface area (TPSA) is 17.1 Å². The van der Waals surface area contributed by atoms with Crippen LogP contribution in [0.3, 0.4) is 0 Å². The van der Waals surface area contributed by atoms with E-state index in [0.717, 1.165) is 0 Å². The second-order valence-corrected chi connectivity index (χ2v) is 1.66. The van der Waals surface area contributed by atoms with Crippen LogP contribution in [-0.4, -0.2) is 18.1 Å². The Balaban J connectivity index is 0. The van der Waals surface area contributed by atoms with E-state index in [2.05, 4.69) is 6.58 Å². The van der Waals surface area contributed by atoms with E-state index in [9.17, 15) is 39.9 Å². The molecule has 9 heteroatoms. The molecule has 0 spiro atoms. The molecule has 0 heterocycles. The van der Waals surface area contributed by atoms with Gasteiger partial charge in [0, 0.05) is 0 Å². The monoisotopic (exact) mass is 230 g/mol. The molecule has 14 heavy (non-hydrogen) atoms. The summed E-state index contributed by atoms with van der Waals surface area (Å²) in [5.41, 5.74) is 0. The van der Waals surface area contributed by atoms with Gasteiger partial charge in [0.1, 0.15) is 0 Å². The largest absolute Gasteiger partial charge is 0.459 e. The maximum Gasteiger partial charge on any atom is 0.459 e. The summed E-state index contributed by atoms with van der Waals surface area (Å²) >= 11 is 0. The molecular formula is C5H2F8O. The van der Waals surface area contributed by atoms with Gasteiger partial charge in [-0.05, 0) is 6.58 Å². The van der Waals surface area contributed by atoms with Gasteiger partial charge < -0.3 is 0 Å². The third-order valence-corrected chi connectivity index (χ3v) is 0.515. The van der Waals surface area contributed by atoms with Crippen LogP contribution in [0.4, 0.5) is 35.1 Å². The molecule has 0 saturated carbocycles. The van der Waals surface area contributed by atoms with E-state index < -0.39 is 24.2 Å². The summed E-state index contributed by atoms with van der Waals surface area (Å²) in [5.74, 6) is -3.68. The SMILES string of the molecule is C=C(F)F.O=C(C(F)(F)F)C(F)(F)F. The summed E-state index contributed by atoms with van der Waals surface area (Å²) in [6, 6.07) is 0. The van der Waals surface area contributed by atoms with Gasteiger partial charge >= 0.3 is 18.1 Å². The molecule has 84 valence electrons. The molecule has 0 aliphatic heterocycles. The third-order valence-electron chi connectivity index (χ3n) is 0.515. The summed E-state index contributed by atoms with van der Waals surface area (Å²) in [5, 5.41) is 0. The Hall–Kier alpha value is -1.15. The lowest BCUT2D eigenvalue weighted by atomic mass is 10.4. The highest BCUT2D eigenvalue weighted by molar-refractivity contribution is 5.89. The molecule has 1 nitrogen and oxygen atoms in total. The van der Waals surface area contributed by atoms with Crippen molar-refractivity contribution in [3.63, 3.8) is 0 Å². The van der Waals surface area contributed by atoms with Gasteiger partial charge in [-0.15, -0.1) is 0 Å². The third kappa shape index (κ3) is 8.94. The summed E-state index contributed by atoms with van der Waals surface area (Å²) < 4.78 is 85.5. The fourth-order valence-corrected chi connectivity index (χ4v) is 0.161. The Kier molecular flexibility index (Phi) is 5.38. The Bertz CT molecular complexity index is 191. The fourth-order valence-electron chi connectivity index (χ4n) is 0.161. The number of halogens is 8. The van der Waals surface area contributed by atoms with Crippen molar-refractivity contribution in [2.45, 2.75) is 12.4 Å². The predicted molar refractivity (Wildman–Crippen MR) is 28.5 cm³/mol. The molecular weight excluding hydrogens is 228 g/mol. The molecule has 0 rings (SSSR count). The first kappa shape index (κ1) is 15.3. The van der Waals surface area contributed by atoms with Crippen molar-refractivity contribution in [3.05, 3.63) is 12.7 Å². The highest BCUT2D eigenvalue weighted by Crippen LogP contribution is 2.28. The molecule has 0 aromatic rings. The summed E-state index contributed by atoms with van der Waals surface area (Å²) in [6.45, 7) is 2.22. The van der Waals surface area contributed by atoms with Crippen molar-refractivity contribution < 1.29 is 39.9 Å². The normalized spacial score (nSPS) is 11.4. The van der Waals surface area contributed by atoms with Gasteiger partial charge in [0.25, 0.3) is 6.08 Å². The summed E-state index contributed by atoms with van der Waals surface area (Å²) in [6.07, 6.45) is -13.5. The maximum atomic E-state index is 10.9. The van der Waals surface area contributed by atoms with Crippen molar-refractivity contribution in [2.24, 2.45) is 0 Å². The van der Waals surface area contributed by atoms with Gasteiger partial charge in [-0.25, -0.2) is 0 Å². The van der Waals surface area contributed by atoms with E-state index in [0.29, 0.717) is 0 Å². The first-order valence-corrected chi connectivity index (χ1v) is 2.57. The van der Waals surface area contributed by atoms with Gasteiger partial charge in [-0.3, -0.25) is 4.79 Å². The minimum absolute atomic E-state index is 1.83. The number of hydrogen-bond acceptors (Lipinski definition) is 1. The highest BCUT2D eigenvalue weighted by Gasteiger charge is 2.55. The van der Waals surface area contributed by atoms with E-state index >= 15 is 0 Å². The van der Waals surface area contributed by atoms with Crippen LogP contribution in [0.5, 0.6) is 0 Å². The van der Waals surface area contributed by atoms with Gasteiger partial charge in [-0.1, -0.05) is 0 Å². The second kappa shape index (κ2) is 4.91. The van der Waals surface area contributed by atoms with Crippen LogP contribution in [0.15, 0.2) is 12.7 Å². The Morgan fingerprint density at radius 2 is 1.00 bits per heavy atom. The Labute approximate surface area is 72.0 Å². The molecule has 0 atom stereocenters. The maximum absolute atomic E-state index is 10.9. The summed E-state index contributed by atoms with van der Waals surface area (Å²) in [4.78, 5) is 9.24. The first-order chi connectivity index (χ1) is 5.89. The number of rotatable bonds is 0. The predicted octanol–water partition coefficient (Wildman–Crippen LogP) is 3.08. The molecule has 0 aromatic heterocycles. The molecule has 0 bridgehead atoms. The van der Waals surface area contributed by atoms with Gasteiger partial charge in [0.05, 0.1) is 0 Å². The number of hydrogen-bond donors (Lipinski definition) is 0. The number of ketones is 1. The van der Waals surface area contributed by atoms with Crippen LogP contribution in [-0.2, 0) is 4.79 Å². The molecule has 0 fully saturated rings. The van der Waals surface area contributed by atoms with Crippen molar-refractivity contribution in [1.29, 1.82) is 0 Å². The van der Waals surface area contributed by atoms with Crippen LogP contribution in [0, 0.1) is 0 Å². The number of Topliss-reactive ketones (excluding diaryl/α,β-unsaturated/α-hetero) is 1. The lowest BCUT2D eigenvalue weighted by molar-refractivity contribution is -0.217. The molecule has 0 aliphatic rings. The van der Waals surface area contributed by atoms with Crippen LogP contribution in [0.2, 0.25) is 0 Å². The average Bonchev–Trinajstić information content (AvgIpc) is 1.80. The average molecular weight is 230 g/mol. The number of carbonyl (C=O) groups is 1. The standard InChI is InChI=1S/C3F6O.C2H2F2/c4-2(5,6)1(10)3(7,8)9;1-2(3)4/h;1H2. The minimum atomic E-state index is -5.82. The van der Waals surface area contributed by atoms with Crippen molar-refractivity contribution in [1.82, 2.24) is 0 Å². The van der Waals surface area contributed by atoms with Gasteiger partial charge in [0.2, 0.25) is 0 Å². The molecule has 0 unspecified atom stereocenters. The quantitative estimate of drug-likeness (QED) is 0.584. The number of carbonyl (C=O) groups excluding carboxylic acids is 1. The summed E-state index contributed by atoms with van der Waals surface area (Å²) in [7, 11) is 0. The first-order valence-electron chi connectivity index (χ1n) is 2.57. The molecule has 0 aliphatic carbocycles. The van der Waals surface area contributed by atoms with Crippen LogP contribution >= 0.6 is 0 Å². The smallest absolute Gasteiger partial charge is 0.279 e. The van der Waals surface area contributed by atoms with Gasteiger partial charge in [0.15, 0.2) is 0 Å². The molecule has 0 saturated heterocycles. The zero-order chi connectivity index (χ0) is 12.2. The van der Waals surface area contributed by atoms with E-state index in [1.54, 1.807) is 0 Å². The number of alkyl halides is 6. The Morgan fingerprint density at radius 1 is 0.857 bits per heavy atom. The van der Waals surface area contributed by atoms with Crippen LogP contribution in [0.25, 0.3) is 0 Å². The molecule has 0 amide bonds. The lowest BCUT2D eigenvalue weighted by Gasteiger charge is -2.06. The fraction of sp³-hybridized carbons (Fsp3) is 0.400. The van der Waals surface area contributed by atoms with Crippen LogP contribution in [0.1, 0.15) is 0 Å². The second-order valence-electron chi connectivity index (χ2n) is 1.66. The van der Waals surface area contributed by atoms with Crippen molar-refractivity contribution >= 4 is 5.78 Å². The van der Waals surface area contributed by atoms with Crippen LogP contribution < -0.4 is 0 Å². The van der Waals surface area contributed by atoms with E-state index in [4.69, 9.17) is 0 Å². The van der Waals surface area contributed by atoms with Gasteiger partial charge in [-0.2, -0.15) is 35.1 Å². The zero-order valence-electron chi connectivity index (χ0n) is 6.14. The minimum Gasteiger partial charge on any atom is -0.279 e. The van der Waals surface area contributed by atoms with E-state index in [1.165, 1.54) is 0 Å². The van der Waals surface area contributed by atoms with E-state index in [1.807, 2.05) is 0 Å². The molecule has 0 N–H and O–H groups in total. The van der Waals surface area contributed by atoms with E-state index in [-0.39, 0.29) is 0 Å². The highest BCUT2D eigenvalue weighted by atomic mass is 19.4. The Morgan fingerprint density at radius 3 is 1.00 bits per heavy atom. The van der Waals surface area contributed by atoms with Crippen molar-refractivity contribution in [3.8, 4) is 0 Å². The molecule has 0 aromatic carbocycles. The zero-order valence-corrected chi connectivity index (χ0v) is 6.14. The molecule has 0 radical (unpaired) electrons. The van der Waals surface area contributed by atoms with Crippen molar-refractivity contribution in [2.75, 3.05) is 0 Å².